The van der Waals surface area contributed by atoms with Crippen molar-refractivity contribution in [3.63, 3.8) is 0 Å². The lowest BCUT2D eigenvalue weighted by Crippen LogP contribution is -2.33. The van der Waals surface area contributed by atoms with Crippen LogP contribution in [-0.2, 0) is 0 Å². The third-order valence-electron chi connectivity index (χ3n) is 5.43. The summed E-state index contributed by atoms with van der Waals surface area (Å²) < 4.78 is 13.5. The van der Waals surface area contributed by atoms with Crippen molar-refractivity contribution in [3.05, 3.63) is 86.3 Å². The highest BCUT2D eigenvalue weighted by Gasteiger charge is 2.42. The van der Waals surface area contributed by atoms with Gasteiger partial charge in [0.1, 0.15) is 17.2 Å². The maximum absolute atomic E-state index is 10.5. The van der Waals surface area contributed by atoms with Crippen LogP contribution in [0.2, 0.25) is 0 Å². The van der Waals surface area contributed by atoms with Gasteiger partial charge in [-0.3, -0.25) is 0 Å². The first-order valence-electron chi connectivity index (χ1n) is 9.48. The van der Waals surface area contributed by atoms with Crippen molar-refractivity contribution in [2.24, 2.45) is 5.10 Å². The second-order valence-corrected chi connectivity index (χ2v) is 9.06. The first-order valence-corrected chi connectivity index (χ1v) is 11.1. The first kappa shape index (κ1) is 19.5. The number of methoxy groups -OCH3 is 1. The Morgan fingerprint density at radius 3 is 2.43 bits per heavy atom. The van der Waals surface area contributed by atoms with E-state index in [0.717, 1.165) is 43.7 Å². The van der Waals surface area contributed by atoms with Gasteiger partial charge in [0.25, 0.3) is 0 Å². The van der Waals surface area contributed by atoms with Gasteiger partial charge in [0, 0.05) is 20.9 Å². The first-order chi connectivity index (χ1) is 14.5. The van der Waals surface area contributed by atoms with Crippen LogP contribution < -0.4 is 9.47 Å². The smallest absolute Gasteiger partial charge is 0.217 e. The van der Waals surface area contributed by atoms with Crippen LogP contribution in [0.3, 0.4) is 0 Å². The molecule has 2 atom stereocenters. The van der Waals surface area contributed by atoms with Crippen LogP contribution in [-0.4, -0.2) is 22.9 Å². The van der Waals surface area contributed by atoms with Crippen LogP contribution >= 0.6 is 31.9 Å². The van der Waals surface area contributed by atoms with Gasteiger partial charge in [-0.1, -0.05) is 31.9 Å². The second-order valence-electron chi connectivity index (χ2n) is 7.23. The van der Waals surface area contributed by atoms with Crippen LogP contribution in [0, 0.1) is 0 Å². The van der Waals surface area contributed by atoms with Crippen LogP contribution in [0.15, 0.2) is 74.7 Å². The molecule has 0 spiro atoms. The Morgan fingerprint density at radius 2 is 1.70 bits per heavy atom. The molecule has 2 heterocycles. The normalized spacial score (nSPS) is 19.6. The molecule has 0 aromatic heterocycles. The van der Waals surface area contributed by atoms with Crippen molar-refractivity contribution >= 4 is 37.6 Å². The number of hydrogen-bond acceptors (Lipinski definition) is 5. The van der Waals surface area contributed by atoms with Crippen LogP contribution in [0.5, 0.6) is 17.2 Å². The molecule has 3 aromatic rings. The average Bonchev–Trinajstić information content (AvgIpc) is 3.21. The highest BCUT2D eigenvalue weighted by atomic mass is 79.9. The molecule has 0 unspecified atom stereocenters. The zero-order chi connectivity index (χ0) is 20.8. The number of hydrazone groups is 1. The number of halogens is 2. The molecular weight excluding hydrogens is 512 g/mol. The van der Waals surface area contributed by atoms with Crippen molar-refractivity contribution < 1.29 is 14.6 Å². The minimum Gasteiger partial charge on any atom is -0.507 e. The summed E-state index contributed by atoms with van der Waals surface area (Å²) in [6.45, 7) is 0. The number of fused-ring (bicyclic) bond motifs is 3. The van der Waals surface area contributed by atoms with E-state index in [1.165, 1.54) is 0 Å². The number of rotatable bonds is 3. The number of ether oxygens (including phenoxy) is 2. The zero-order valence-electron chi connectivity index (χ0n) is 16.0. The molecule has 0 amide bonds. The van der Waals surface area contributed by atoms with Crippen LogP contribution in [0.25, 0.3) is 0 Å². The van der Waals surface area contributed by atoms with Crippen molar-refractivity contribution in [2.75, 3.05) is 7.11 Å². The summed E-state index contributed by atoms with van der Waals surface area (Å²) in [4.78, 5) is 0. The maximum atomic E-state index is 10.5. The molecule has 2 aliphatic heterocycles. The maximum Gasteiger partial charge on any atom is 0.217 e. The summed E-state index contributed by atoms with van der Waals surface area (Å²) in [6.07, 6.45) is 0.210. The molecule has 30 heavy (non-hydrogen) atoms. The molecule has 7 heteroatoms. The summed E-state index contributed by atoms with van der Waals surface area (Å²) in [5.74, 6) is 1.79. The van der Waals surface area contributed by atoms with E-state index < -0.39 is 6.23 Å². The molecular formula is C23H18Br2N2O3. The quantitative estimate of drug-likeness (QED) is 0.441. The molecule has 0 fully saturated rings. The average molecular weight is 530 g/mol. The van der Waals surface area contributed by atoms with Crippen molar-refractivity contribution in [2.45, 2.75) is 18.7 Å². The summed E-state index contributed by atoms with van der Waals surface area (Å²) >= 11 is 7.07. The van der Waals surface area contributed by atoms with E-state index in [-0.39, 0.29) is 11.8 Å². The molecule has 3 aromatic carbocycles. The number of phenolic OH excluding ortho intramolecular Hbond substituents is 1. The fourth-order valence-corrected chi connectivity index (χ4v) is 4.70. The monoisotopic (exact) mass is 528 g/mol. The van der Waals surface area contributed by atoms with Gasteiger partial charge in [-0.05, 0) is 66.2 Å². The summed E-state index contributed by atoms with van der Waals surface area (Å²) in [5, 5.41) is 17.4. The van der Waals surface area contributed by atoms with Gasteiger partial charge in [-0.2, -0.15) is 5.10 Å². The molecule has 1 N–H and O–H groups in total. The Morgan fingerprint density at radius 1 is 1.00 bits per heavy atom. The molecule has 5 nitrogen and oxygen atoms in total. The lowest BCUT2D eigenvalue weighted by atomic mass is 9.96. The third kappa shape index (κ3) is 3.36. The highest BCUT2D eigenvalue weighted by molar-refractivity contribution is 9.10. The van der Waals surface area contributed by atoms with Gasteiger partial charge in [0.15, 0.2) is 0 Å². The van der Waals surface area contributed by atoms with E-state index >= 15 is 0 Å². The lowest BCUT2D eigenvalue weighted by Gasteiger charge is -2.38. The van der Waals surface area contributed by atoms with E-state index in [1.54, 1.807) is 19.2 Å². The minimum atomic E-state index is -0.531. The van der Waals surface area contributed by atoms with Gasteiger partial charge >= 0.3 is 0 Å². The third-order valence-corrected chi connectivity index (χ3v) is 6.42. The summed E-state index contributed by atoms with van der Waals surface area (Å²) in [5.41, 5.74) is 3.75. The number of benzene rings is 3. The molecule has 2 aliphatic rings. The Balaban J connectivity index is 1.61. The molecule has 0 saturated carbocycles. The van der Waals surface area contributed by atoms with Crippen LogP contribution in [0.1, 0.15) is 35.4 Å². The SMILES string of the molecule is COc1ccc(C2=NN3[C@@H](c4cc(Br)ccc4O)Oc4ccc(Br)cc4[C@@H]3C2)cc1. The van der Waals surface area contributed by atoms with E-state index in [4.69, 9.17) is 14.6 Å². The molecule has 0 bridgehead atoms. The van der Waals surface area contributed by atoms with Gasteiger partial charge in [-0.25, -0.2) is 5.01 Å². The topological polar surface area (TPSA) is 54.3 Å². The number of nitrogens with zero attached hydrogens (tertiary/aromatic N) is 2. The zero-order valence-corrected chi connectivity index (χ0v) is 19.2. The second kappa shape index (κ2) is 7.63. The lowest BCUT2D eigenvalue weighted by molar-refractivity contribution is -0.0204. The Hall–Kier alpha value is -2.51. The predicted octanol–water partition coefficient (Wildman–Crippen LogP) is 6.17. The summed E-state index contributed by atoms with van der Waals surface area (Å²) in [6, 6.07) is 19.3. The Labute approximate surface area is 191 Å². The van der Waals surface area contributed by atoms with E-state index in [0.29, 0.717) is 5.56 Å². The van der Waals surface area contributed by atoms with E-state index in [2.05, 4.69) is 37.9 Å². The van der Waals surface area contributed by atoms with Gasteiger partial charge in [0.2, 0.25) is 6.23 Å². The summed E-state index contributed by atoms with van der Waals surface area (Å²) in [7, 11) is 1.66. The van der Waals surface area contributed by atoms with Gasteiger partial charge < -0.3 is 14.6 Å². The van der Waals surface area contributed by atoms with Crippen molar-refractivity contribution in [1.29, 1.82) is 0 Å². The Bertz CT molecular complexity index is 1150. The fourth-order valence-electron chi connectivity index (χ4n) is 3.94. The van der Waals surface area contributed by atoms with Crippen LogP contribution in [0.4, 0.5) is 0 Å². The number of aromatic hydroxyl groups is 1. The molecule has 152 valence electrons. The number of phenols is 1. The van der Waals surface area contributed by atoms with Gasteiger partial charge in [-0.15, -0.1) is 0 Å². The van der Waals surface area contributed by atoms with E-state index in [1.807, 2.05) is 47.5 Å². The van der Waals surface area contributed by atoms with E-state index in [9.17, 15) is 5.11 Å². The largest absolute Gasteiger partial charge is 0.507 e. The molecule has 0 aliphatic carbocycles. The molecule has 0 saturated heterocycles. The minimum absolute atomic E-state index is 0.00623. The van der Waals surface area contributed by atoms with Crippen molar-refractivity contribution in [3.8, 4) is 17.2 Å². The fraction of sp³-hybridized carbons (Fsp3) is 0.174. The van der Waals surface area contributed by atoms with Gasteiger partial charge in [0.05, 0.1) is 24.4 Å². The number of hydrogen-bond donors (Lipinski definition) is 1. The standard InChI is InChI=1S/C23H18Br2N2O3/c1-29-16-6-2-13(3-7-16)19-12-20-17-10-15(25)5-9-22(17)30-23(27(20)26-19)18-11-14(24)4-8-21(18)28/h2-11,20,23,28H,12H2,1H3/t20-,23+/m0/s1. The Kier molecular flexibility index (Phi) is 4.95. The highest BCUT2D eigenvalue weighted by Crippen LogP contribution is 2.49. The predicted molar refractivity (Wildman–Crippen MR) is 122 cm³/mol. The molecule has 5 rings (SSSR count). The molecule has 0 radical (unpaired) electrons. The van der Waals surface area contributed by atoms with Crippen molar-refractivity contribution in [1.82, 2.24) is 5.01 Å².